The minimum Gasteiger partial charge on any atom is -0.345 e. The van der Waals surface area contributed by atoms with Gasteiger partial charge in [-0.15, -0.1) is 0 Å². The van der Waals surface area contributed by atoms with Crippen molar-refractivity contribution in [2.45, 2.75) is 64.6 Å². The van der Waals surface area contributed by atoms with Gasteiger partial charge in [0.2, 0.25) is 5.91 Å². The molecule has 0 aliphatic rings. The lowest BCUT2D eigenvalue weighted by atomic mass is 10.0. The van der Waals surface area contributed by atoms with Crippen molar-refractivity contribution >= 4 is 11.7 Å². The number of hydrogen-bond donors (Lipinski definition) is 3. The summed E-state index contributed by atoms with van der Waals surface area (Å²) in [5, 5.41) is 6.21. The molecule has 0 spiro atoms. The van der Waals surface area contributed by atoms with Gasteiger partial charge in [-0.25, -0.2) is 0 Å². The van der Waals surface area contributed by atoms with Crippen LogP contribution in [-0.2, 0) is 16.0 Å². The van der Waals surface area contributed by atoms with Crippen LogP contribution in [0.1, 0.15) is 45.6 Å². The van der Waals surface area contributed by atoms with Crippen molar-refractivity contribution in [1.29, 1.82) is 0 Å². The van der Waals surface area contributed by atoms with E-state index in [0.29, 0.717) is 19.4 Å². The molecule has 5 nitrogen and oxygen atoms in total. The molecule has 0 saturated heterocycles. The number of Topliss-reactive ketones (excluding diaryl/α,β-unsaturated/α-hetero) is 1. The van der Waals surface area contributed by atoms with E-state index in [-0.39, 0.29) is 23.8 Å². The highest BCUT2D eigenvalue weighted by Crippen LogP contribution is 2.07. The lowest BCUT2D eigenvalue weighted by molar-refractivity contribution is -0.128. The van der Waals surface area contributed by atoms with Crippen LogP contribution in [0.4, 0.5) is 0 Å². The number of rotatable bonds is 11. The molecule has 134 valence electrons. The van der Waals surface area contributed by atoms with Crippen LogP contribution >= 0.6 is 0 Å². The number of nitrogens with two attached hydrogens (primary N) is 1. The van der Waals surface area contributed by atoms with E-state index in [4.69, 9.17) is 5.73 Å². The van der Waals surface area contributed by atoms with E-state index >= 15 is 0 Å². The second kappa shape index (κ2) is 10.9. The normalized spacial score (nSPS) is 13.5. The highest BCUT2D eigenvalue weighted by molar-refractivity contribution is 5.89. The van der Waals surface area contributed by atoms with Gasteiger partial charge in [-0.05, 0) is 44.7 Å². The first-order valence-corrected chi connectivity index (χ1v) is 8.75. The lowest BCUT2D eigenvalue weighted by Crippen LogP contribution is -2.52. The maximum absolute atomic E-state index is 12.7. The second-order valence-electron chi connectivity index (χ2n) is 6.52. The molecule has 0 heterocycles. The van der Waals surface area contributed by atoms with Gasteiger partial charge in [0.25, 0.3) is 0 Å². The maximum Gasteiger partial charge on any atom is 0.238 e. The Hall–Kier alpha value is -1.72. The van der Waals surface area contributed by atoms with E-state index in [1.807, 2.05) is 44.2 Å². The summed E-state index contributed by atoms with van der Waals surface area (Å²) in [6.07, 6.45) is 2.93. The first kappa shape index (κ1) is 20.3. The summed E-state index contributed by atoms with van der Waals surface area (Å²) < 4.78 is 0. The third-order valence-electron chi connectivity index (χ3n) is 3.89. The smallest absolute Gasteiger partial charge is 0.238 e. The van der Waals surface area contributed by atoms with Crippen molar-refractivity contribution < 1.29 is 9.59 Å². The van der Waals surface area contributed by atoms with E-state index in [1.165, 1.54) is 6.92 Å². The molecule has 0 aliphatic carbocycles. The molecule has 2 unspecified atom stereocenters. The van der Waals surface area contributed by atoms with E-state index in [9.17, 15) is 9.59 Å². The molecule has 5 heteroatoms. The van der Waals surface area contributed by atoms with Crippen LogP contribution in [0.3, 0.4) is 0 Å². The zero-order valence-electron chi connectivity index (χ0n) is 15.0. The van der Waals surface area contributed by atoms with Gasteiger partial charge >= 0.3 is 0 Å². The van der Waals surface area contributed by atoms with Gasteiger partial charge in [0.05, 0.1) is 12.1 Å². The van der Waals surface area contributed by atoms with E-state index in [0.717, 1.165) is 18.4 Å². The van der Waals surface area contributed by atoms with Crippen LogP contribution in [0.2, 0.25) is 0 Å². The van der Waals surface area contributed by atoms with Gasteiger partial charge in [-0.1, -0.05) is 44.2 Å². The number of nitrogens with one attached hydrogen (secondary N) is 2. The quantitative estimate of drug-likeness (QED) is 0.539. The van der Waals surface area contributed by atoms with Gasteiger partial charge in [0.1, 0.15) is 0 Å². The Labute approximate surface area is 145 Å². The predicted octanol–water partition coefficient (Wildman–Crippen LogP) is 1.80. The molecule has 0 saturated carbocycles. The molecule has 1 amide bonds. The molecular formula is C19H31N3O2. The fourth-order valence-electron chi connectivity index (χ4n) is 2.62. The number of carbonyl (C=O) groups is 2. The second-order valence-corrected chi connectivity index (χ2v) is 6.52. The number of unbranched alkanes of at least 4 members (excludes halogenated alkanes) is 1. The molecule has 0 aromatic heterocycles. The predicted molar refractivity (Wildman–Crippen MR) is 97.7 cm³/mol. The fraction of sp³-hybridized carbons (Fsp3) is 0.579. The Kier molecular flexibility index (Phi) is 9.27. The van der Waals surface area contributed by atoms with Crippen molar-refractivity contribution in [3.8, 4) is 0 Å². The summed E-state index contributed by atoms with van der Waals surface area (Å²) in [6.45, 7) is 6.14. The largest absolute Gasteiger partial charge is 0.345 e. The molecule has 1 aromatic rings. The number of carbonyl (C=O) groups excluding carboxylic acids is 2. The van der Waals surface area contributed by atoms with Crippen LogP contribution in [0.25, 0.3) is 0 Å². The maximum atomic E-state index is 12.7. The van der Waals surface area contributed by atoms with Gasteiger partial charge in [-0.2, -0.15) is 0 Å². The Morgan fingerprint density at radius 3 is 2.29 bits per heavy atom. The zero-order valence-corrected chi connectivity index (χ0v) is 15.0. The van der Waals surface area contributed by atoms with Gasteiger partial charge in [-0.3, -0.25) is 9.59 Å². The lowest BCUT2D eigenvalue weighted by Gasteiger charge is -2.24. The van der Waals surface area contributed by atoms with Gasteiger partial charge < -0.3 is 16.4 Å². The van der Waals surface area contributed by atoms with Crippen LogP contribution in [0.15, 0.2) is 30.3 Å². The average molecular weight is 333 g/mol. The fourth-order valence-corrected chi connectivity index (χ4v) is 2.62. The molecular weight excluding hydrogens is 302 g/mol. The molecule has 24 heavy (non-hydrogen) atoms. The van der Waals surface area contributed by atoms with Crippen molar-refractivity contribution in [3.63, 3.8) is 0 Å². The van der Waals surface area contributed by atoms with Crippen molar-refractivity contribution in [3.05, 3.63) is 35.9 Å². The summed E-state index contributed by atoms with van der Waals surface area (Å²) >= 11 is 0. The third kappa shape index (κ3) is 7.70. The van der Waals surface area contributed by atoms with Crippen LogP contribution in [-0.4, -0.2) is 36.4 Å². The number of benzene rings is 1. The summed E-state index contributed by atoms with van der Waals surface area (Å²) in [6, 6.07) is 9.28. The number of ketones is 1. The molecule has 0 aliphatic heterocycles. The van der Waals surface area contributed by atoms with Gasteiger partial charge in [0, 0.05) is 6.04 Å². The Morgan fingerprint density at radius 2 is 1.75 bits per heavy atom. The summed E-state index contributed by atoms with van der Waals surface area (Å²) in [4.78, 5) is 24.5. The number of amides is 1. The van der Waals surface area contributed by atoms with E-state index in [1.54, 1.807) is 0 Å². The molecule has 0 radical (unpaired) electrons. The molecule has 0 bridgehead atoms. The molecule has 2 atom stereocenters. The average Bonchev–Trinajstić information content (AvgIpc) is 2.53. The van der Waals surface area contributed by atoms with Crippen molar-refractivity contribution in [2.24, 2.45) is 5.73 Å². The number of hydrogen-bond acceptors (Lipinski definition) is 4. The first-order valence-electron chi connectivity index (χ1n) is 8.75. The Balaban J connectivity index is 2.72. The summed E-state index contributed by atoms with van der Waals surface area (Å²) in [5.41, 5.74) is 6.59. The topological polar surface area (TPSA) is 84.2 Å². The standard InChI is InChI=1S/C19H31N3O2/c1-14(2)21-18(13-16-9-5-4-6-10-16)19(24)22-17(15(3)23)11-7-8-12-20/h4-6,9-10,14,17-18,21H,7-8,11-13,20H2,1-3H3,(H,22,24). The van der Waals surface area contributed by atoms with Crippen molar-refractivity contribution in [2.75, 3.05) is 6.54 Å². The monoisotopic (exact) mass is 333 g/mol. The minimum atomic E-state index is -0.434. The minimum absolute atomic E-state index is 0.0108. The SMILES string of the molecule is CC(=O)C(CCCCN)NC(=O)C(Cc1ccccc1)NC(C)C. The summed E-state index contributed by atoms with van der Waals surface area (Å²) in [7, 11) is 0. The Bertz CT molecular complexity index is 503. The molecule has 1 rings (SSSR count). The van der Waals surface area contributed by atoms with E-state index < -0.39 is 6.04 Å². The van der Waals surface area contributed by atoms with Gasteiger partial charge in [0.15, 0.2) is 5.78 Å². The molecule has 1 aromatic carbocycles. The Morgan fingerprint density at radius 1 is 1.08 bits per heavy atom. The first-order chi connectivity index (χ1) is 11.4. The van der Waals surface area contributed by atoms with E-state index in [2.05, 4.69) is 10.6 Å². The van der Waals surface area contributed by atoms with Crippen LogP contribution in [0.5, 0.6) is 0 Å². The molecule has 4 N–H and O–H groups in total. The highest BCUT2D eigenvalue weighted by atomic mass is 16.2. The van der Waals surface area contributed by atoms with Crippen molar-refractivity contribution in [1.82, 2.24) is 10.6 Å². The molecule has 0 fully saturated rings. The summed E-state index contributed by atoms with van der Waals surface area (Å²) in [5.74, 6) is -0.135. The third-order valence-corrected chi connectivity index (χ3v) is 3.89. The highest BCUT2D eigenvalue weighted by Gasteiger charge is 2.24. The van der Waals surface area contributed by atoms with Crippen LogP contribution in [0, 0.1) is 0 Å². The van der Waals surface area contributed by atoms with Crippen LogP contribution < -0.4 is 16.4 Å². The zero-order chi connectivity index (χ0) is 17.9.